The Morgan fingerprint density at radius 3 is 2.07 bits per heavy atom. The van der Waals surface area contributed by atoms with Gasteiger partial charge in [0.2, 0.25) is 0 Å². The van der Waals surface area contributed by atoms with Crippen molar-refractivity contribution in [1.82, 2.24) is 4.57 Å². The topological polar surface area (TPSA) is 66.1 Å². The van der Waals surface area contributed by atoms with Crippen LogP contribution >= 0.6 is 11.3 Å². The van der Waals surface area contributed by atoms with Crippen LogP contribution in [0.25, 0.3) is 17.5 Å². The number of aromatic nitrogens is 1. The molecule has 0 aliphatic carbocycles. The number of benzene rings is 3. The molecule has 0 bridgehead atoms. The van der Waals surface area contributed by atoms with Gasteiger partial charge in [-0.2, -0.15) is 0 Å². The van der Waals surface area contributed by atoms with E-state index in [1.807, 2.05) is 67.6 Å². The van der Waals surface area contributed by atoms with Gasteiger partial charge in [-0.3, -0.25) is 14.8 Å². The summed E-state index contributed by atoms with van der Waals surface area (Å²) in [5.74, 6) is -0.123. The molecule has 0 saturated carbocycles. The van der Waals surface area contributed by atoms with Crippen LogP contribution in [0.1, 0.15) is 21.5 Å². The van der Waals surface area contributed by atoms with Gasteiger partial charge in [0.15, 0.2) is 11.3 Å². The number of aliphatic hydroxyl groups is 1. The second-order valence-corrected chi connectivity index (χ2v) is 7.91. The van der Waals surface area contributed by atoms with Crippen molar-refractivity contribution in [1.29, 1.82) is 5.41 Å². The fraction of sp³-hybridized carbons (Fsp3) is 0.0400. The molecule has 0 aliphatic heterocycles. The van der Waals surface area contributed by atoms with E-state index >= 15 is 0 Å². The first-order valence-electron chi connectivity index (χ1n) is 9.48. The monoisotopic (exact) mass is 412 g/mol. The van der Waals surface area contributed by atoms with Crippen molar-refractivity contribution in [2.75, 3.05) is 0 Å². The highest BCUT2D eigenvalue weighted by molar-refractivity contribution is 7.07. The normalized spacial score (nSPS) is 12.6. The molecule has 0 saturated heterocycles. The third kappa shape index (κ3) is 3.88. The molecule has 0 atom stereocenters. The molecule has 4 aromatic rings. The van der Waals surface area contributed by atoms with E-state index in [-0.39, 0.29) is 17.0 Å². The summed E-state index contributed by atoms with van der Waals surface area (Å²) in [6.45, 7) is 2.00. The maximum Gasteiger partial charge on any atom is 0.188 e. The second kappa shape index (κ2) is 8.35. The maximum atomic E-state index is 12.8. The van der Waals surface area contributed by atoms with E-state index in [0.717, 1.165) is 11.3 Å². The van der Waals surface area contributed by atoms with Gasteiger partial charge in [0.05, 0.1) is 0 Å². The Hall–Kier alpha value is -3.70. The molecule has 0 fully saturated rings. The Kier molecular flexibility index (Phi) is 5.46. The molecule has 30 heavy (non-hydrogen) atoms. The van der Waals surface area contributed by atoms with Crippen LogP contribution in [0.5, 0.6) is 0 Å². The van der Waals surface area contributed by atoms with Crippen LogP contribution in [0.4, 0.5) is 0 Å². The number of aryl methyl sites for hydroxylation is 1. The average Bonchev–Trinajstić information content (AvgIpc) is 3.10. The highest BCUT2D eigenvalue weighted by Crippen LogP contribution is 2.09. The molecule has 0 aliphatic rings. The second-order valence-electron chi connectivity index (χ2n) is 6.88. The van der Waals surface area contributed by atoms with Gasteiger partial charge in [-0.1, -0.05) is 78.4 Å². The standard InChI is InChI=1S/C25H20N2O2S/c1-17-12-14-20(15-13-17)27-22(16-21(28)18-8-4-2-5-9-18)30-24(25(27)26)23(29)19-10-6-3-7-11-19/h2-16,26,29H,1H3/b22-16+,24-23+,26-25?. The first-order chi connectivity index (χ1) is 14.5. The van der Waals surface area contributed by atoms with Gasteiger partial charge in [0.25, 0.3) is 0 Å². The zero-order valence-electron chi connectivity index (χ0n) is 16.4. The summed E-state index contributed by atoms with van der Waals surface area (Å²) in [7, 11) is 0. The van der Waals surface area contributed by atoms with E-state index in [9.17, 15) is 9.90 Å². The zero-order valence-corrected chi connectivity index (χ0v) is 17.2. The van der Waals surface area contributed by atoms with Crippen LogP contribution in [0.2, 0.25) is 0 Å². The number of carbonyl (C=O) groups is 1. The van der Waals surface area contributed by atoms with Gasteiger partial charge >= 0.3 is 0 Å². The smallest absolute Gasteiger partial charge is 0.188 e. The molecule has 148 valence electrons. The Morgan fingerprint density at radius 2 is 1.47 bits per heavy atom. The van der Waals surface area contributed by atoms with Gasteiger partial charge < -0.3 is 5.11 Å². The van der Waals surface area contributed by atoms with Crippen LogP contribution in [0.3, 0.4) is 0 Å². The lowest BCUT2D eigenvalue weighted by atomic mass is 10.1. The summed E-state index contributed by atoms with van der Waals surface area (Å²) in [6, 6.07) is 25.9. The number of ketones is 1. The lowest BCUT2D eigenvalue weighted by Gasteiger charge is -2.04. The molecule has 4 rings (SSSR count). The molecular weight excluding hydrogens is 392 g/mol. The van der Waals surface area contributed by atoms with Crippen LogP contribution in [0, 0.1) is 12.3 Å². The van der Waals surface area contributed by atoms with Gasteiger partial charge in [-0.05, 0) is 19.1 Å². The van der Waals surface area contributed by atoms with E-state index in [4.69, 9.17) is 5.41 Å². The predicted molar refractivity (Wildman–Crippen MR) is 120 cm³/mol. The average molecular weight is 413 g/mol. The third-order valence-corrected chi connectivity index (χ3v) is 5.83. The van der Waals surface area contributed by atoms with Crippen molar-refractivity contribution < 1.29 is 9.90 Å². The zero-order chi connectivity index (χ0) is 21.1. The predicted octanol–water partition coefficient (Wildman–Crippen LogP) is 3.70. The minimum absolute atomic E-state index is 0.0262. The largest absolute Gasteiger partial charge is 0.506 e. The summed E-state index contributed by atoms with van der Waals surface area (Å²) < 4.78 is 2.68. The summed E-state index contributed by atoms with van der Waals surface area (Å²) >= 11 is 1.22. The molecule has 0 spiro atoms. The Bertz CT molecular complexity index is 1370. The summed E-state index contributed by atoms with van der Waals surface area (Å²) in [5, 5.41) is 19.6. The summed E-state index contributed by atoms with van der Waals surface area (Å²) in [5.41, 5.74) is 3.21. The molecule has 1 heterocycles. The number of nitrogens with one attached hydrogen (secondary N) is 1. The fourth-order valence-corrected chi connectivity index (χ4v) is 4.21. The number of hydrogen-bond acceptors (Lipinski definition) is 4. The highest BCUT2D eigenvalue weighted by Gasteiger charge is 2.11. The minimum Gasteiger partial charge on any atom is -0.506 e. The lowest BCUT2D eigenvalue weighted by Crippen LogP contribution is -2.31. The summed E-state index contributed by atoms with van der Waals surface area (Å²) in [4.78, 5) is 12.8. The number of aliphatic hydroxyl groups excluding tert-OH is 1. The molecule has 4 nitrogen and oxygen atoms in total. The summed E-state index contributed by atoms with van der Waals surface area (Å²) in [6.07, 6.45) is 1.53. The SMILES string of the molecule is Cc1ccc(-n2c(=N)/c(=C(\O)c3ccccc3)s/c2=C/C(=O)c2ccccc2)cc1. The maximum absolute atomic E-state index is 12.8. The molecular formula is C25H20N2O2S. The first kappa shape index (κ1) is 19.6. The van der Waals surface area contributed by atoms with Crippen molar-refractivity contribution in [2.45, 2.75) is 6.92 Å². The lowest BCUT2D eigenvalue weighted by molar-refractivity contribution is 0.106. The molecule has 5 heteroatoms. The van der Waals surface area contributed by atoms with Crippen molar-refractivity contribution >= 4 is 29.0 Å². The Morgan fingerprint density at radius 1 is 0.900 bits per heavy atom. The number of carbonyl (C=O) groups excluding carboxylic acids is 1. The van der Waals surface area contributed by atoms with E-state index in [1.165, 1.54) is 17.4 Å². The van der Waals surface area contributed by atoms with Crippen LogP contribution in [-0.4, -0.2) is 15.5 Å². The number of rotatable bonds is 4. The molecule has 0 amide bonds. The quantitative estimate of drug-likeness (QED) is 0.502. The van der Waals surface area contributed by atoms with E-state index in [2.05, 4.69) is 0 Å². The molecule has 2 N–H and O–H groups in total. The minimum atomic E-state index is -0.150. The van der Waals surface area contributed by atoms with E-state index in [1.54, 1.807) is 28.8 Å². The third-order valence-electron chi connectivity index (χ3n) is 4.73. The Balaban J connectivity index is 1.99. The van der Waals surface area contributed by atoms with Crippen molar-refractivity contribution in [3.8, 4) is 5.69 Å². The van der Waals surface area contributed by atoms with Gasteiger partial charge in [0.1, 0.15) is 15.0 Å². The van der Waals surface area contributed by atoms with Crippen LogP contribution in [0.15, 0.2) is 84.9 Å². The van der Waals surface area contributed by atoms with Gasteiger partial charge in [-0.25, -0.2) is 0 Å². The number of hydrogen-bond donors (Lipinski definition) is 2. The molecule has 1 aromatic heterocycles. The van der Waals surface area contributed by atoms with Gasteiger partial charge in [-0.15, -0.1) is 11.3 Å². The van der Waals surface area contributed by atoms with Crippen molar-refractivity contribution in [2.24, 2.45) is 0 Å². The first-order valence-corrected chi connectivity index (χ1v) is 10.3. The van der Waals surface area contributed by atoms with Crippen molar-refractivity contribution in [3.05, 3.63) is 116 Å². The molecule has 3 aromatic carbocycles. The highest BCUT2D eigenvalue weighted by atomic mass is 32.1. The van der Waals surface area contributed by atoms with Gasteiger partial charge in [0, 0.05) is 22.9 Å². The molecule has 0 unspecified atom stereocenters. The van der Waals surface area contributed by atoms with E-state index in [0.29, 0.717) is 20.3 Å². The van der Waals surface area contributed by atoms with Crippen LogP contribution in [-0.2, 0) is 0 Å². The number of Topliss-reactive ketones (excluding diaryl/α,β-unsaturated/α-hetero) is 1. The molecule has 0 radical (unpaired) electrons. The Labute approximate surface area is 177 Å². The van der Waals surface area contributed by atoms with Crippen LogP contribution < -0.4 is 14.7 Å². The fourth-order valence-electron chi connectivity index (χ4n) is 3.14. The number of nitrogens with zero attached hydrogens (tertiary/aromatic N) is 1. The van der Waals surface area contributed by atoms with Crippen molar-refractivity contribution in [3.63, 3.8) is 0 Å². The van der Waals surface area contributed by atoms with E-state index < -0.39 is 0 Å². The number of thiazole rings is 1.